The third kappa shape index (κ3) is 3.21. The van der Waals surface area contributed by atoms with Gasteiger partial charge in [-0.1, -0.05) is 6.92 Å². The Bertz CT molecular complexity index is 669. The lowest BCUT2D eigenvalue weighted by molar-refractivity contribution is 0.533. The van der Waals surface area contributed by atoms with Crippen LogP contribution in [0.1, 0.15) is 38.1 Å². The Morgan fingerprint density at radius 1 is 1.43 bits per heavy atom. The summed E-state index contributed by atoms with van der Waals surface area (Å²) < 4.78 is 3.50. The van der Waals surface area contributed by atoms with Gasteiger partial charge in [-0.2, -0.15) is 5.10 Å². The summed E-state index contributed by atoms with van der Waals surface area (Å²) in [7, 11) is 1.91. The van der Waals surface area contributed by atoms with E-state index in [4.69, 9.17) is 0 Å². The van der Waals surface area contributed by atoms with Gasteiger partial charge >= 0.3 is 5.69 Å². The van der Waals surface area contributed by atoms with Crippen LogP contribution in [0.5, 0.6) is 0 Å². The van der Waals surface area contributed by atoms with Crippen LogP contribution in [0.3, 0.4) is 0 Å². The lowest BCUT2D eigenvalue weighted by Gasteiger charge is -2.10. The third-order valence-corrected chi connectivity index (χ3v) is 4.39. The second-order valence-electron chi connectivity index (χ2n) is 5.15. The fraction of sp³-hybridized carbons (Fsp3) is 0.615. The van der Waals surface area contributed by atoms with E-state index in [1.807, 2.05) is 32.5 Å². The van der Waals surface area contributed by atoms with Gasteiger partial charge in [0.2, 0.25) is 0 Å². The third-order valence-electron chi connectivity index (χ3n) is 3.22. The predicted octanol–water partition coefficient (Wildman–Crippen LogP) is 1.45. The smallest absolute Gasteiger partial charge is 0.313 e. The van der Waals surface area contributed by atoms with Crippen molar-refractivity contribution in [2.24, 2.45) is 7.05 Å². The molecule has 0 aliphatic carbocycles. The Labute approximate surface area is 128 Å². The fourth-order valence-electron chi connectivity index (χ4n) is 2.17. The number of aromatic amines is 1. The van der Waals surface area contributed by atoms with Crippen LogP contribution in [-0.4, -0.2) is 31.1 Å². The Hall–Kier alpha value is -1.54. The van der Waals surface area contributed by atoms with Gasteiger partial charge in [0.25, 0.3) is 0 Å². The first-order chi connectivity index (χ1) is 9.95. The quantitative estimate of drug-likeness (QED) is 0.844. The molecule has 2 rings (SSSR count). The molecule has 0 spiro atoms. The van der Waals surface area contributed by atoms with Crippen molar-refractivity contribution >= 4 is 11.8 Å². The van der Waals surface area contributed by atoms with Crippen LogP contribution in [-0.2, 0) is 13.6 Å². The first-order valence-electron chi connectivity index (χ1n) is 7.03. The largest absolute Gasteiger partial charge is 0.344 e. The van der Waals surface area contributed by atoms with Crippen molar-refractivity contribution in [1.82, 2.24) is 29.9 Å². The highest BCUT2D eigenvalue weighted by atomic mass is 32.2. The first-order valence-corrected chi connectivity index (χ1v) is 7.85. The van der Waals surface area contributed by atoms with Gasteiger partial charge in [0, 0.05) is 25.2 Å². The molecule has 7 nitrogen and oxygen atoms in total. The Morgan fingerprint density at radius 3 is 2.76 bits per heavy atom. The van der Waals surface area contributed by atoms with Gasteiger partial charge in [-0.3, -0.25) is 9.25 Å². The number of nitrogens with zero attached hydrogens (tertiary/aromatic N) is 4. The van der Waals surface area contributed by atoms with E-state index in [1.165, 1.54) is 11.8 Å². The second kappa shape index (κ2) is 6.48. The lowest BCUT2D eigenvalue weighted by atomic mass is 10.2. The SMILES string of the molecule is CCNCc1c(C)nn(C)c1Sc1n[nH]c(=O)n1C(C)C. The summed E-state index contributed by atoms with van der Waals surface area (Å²) in [6.45, 7) is 9.66. The molecule has 0 atom stereocenters. The summed E-state index contributed by atoms with van der Waals surface area (Å²) in [5.41, 5.74) is 1.96. The van der Waals surface area contributed by atoms with E-state index < -0.39 is 0 Å². The number of nitrogens with one attached hydrogen (secondary N) is 2. The first kappa shape index (κ1) is 15.8. The molecule has 116 valence electrons. The second-order valence-corrected chi connectivity index (χ2v) is 6.11. The number of aromatic nitrogens is 5. The Morgan fingerprint density at radius 2 is 2.14 bits per heavy atom. The van der Waals surface area contributed by atoms with E-state index in [1.54, 1.807) is 4.57 Å². The minimum absolute atomic E-state index is 0.0605. The van der Waals surface area contributed by atoms with Crippen LogP contribution in [0.15, 0.2) is 15.0 Å². The predicted molar refractivity (Wildman–Crippen MR) is 82.7 cm³/mol. The fourth-order valence-corrected chi connectivity index (χ4v) is 3.34. The molecule has 0 aliphatic heterocycles. The van der Waals surface area contributed by atoms with Gasteiger partial charge in [-0.05, 0) is 39.1 Å². The maximum Gasteiger partial charge on any atom is 0.344 e. The van der Waals surface area contributed by atoms with Gasteiger partial charge in [-0.25, -0.2) is 9.89 Å². The van der Waals surface area contributed by atoms with E-state index in [0.717, 1.165) is 29.4 Å². The molecule has 0 bridgehead atoms. The summed E-state index contributed by atoms with van der Waals surface area (Å²) in [6.07, 6.45) is 0. The van der Waals surface area contributed by atoms with E-state index in [9.17, 15) is 4.79 Å². The van der Waals surface area contributed by atoms with Crippen molar-refractivity contribution < 1.29 is 0 Å². The zero-order chi connectivity index (χ0) is 15.6. The van der Waals surface area contributed by atoms with Crippen LogP contribution in [0.2, 0.25) is 0 Å². The molecule has 0 amide bonds. The van der Waals surface area contributed by atoms with Crippen LogP contribution < -0.4 is 11.0 Å². The molecule has 2 heterocycles. The molecule has 0 saturated carbocycles. The number of H-pyrrole nitrogens is 1. The molecule has 0 radical (unpaired) electrons. The number of hydrogen-bond acceptors (Lipinski definition) is 5. The molecule has 8 heteroatoms. The zero-order valence-electron chi connectivity index (χ0n) is 13.1. The minimum atomic E-state index is -0.181. The molecule has 2 N–H and O–H groups in total. The lowest BCUT2D eigenvalue weighted by Crippen LogP contribution is -2.19. The highest BCUT2D eigenvalue weighted by Crippen LogP contribution is 2.30. The van der Waals surface area contributed by atoms with E-state index in [2.05, 4.69) is 27.5 Å². The molecular formula is C13H22N6OS. The van der Waals surface area contributed by atoms with Gasteiger partial charge in [0.05, 0.1) is 5.69 Å². The Balaban J connectivity index is 2.38. The molecule has 0 unspecified atom stereocenters. The van der Waals surface area contributed by atoms with Crippen LogP contribution in [0, 0.1) is 6.92 Å². The van der Waals surface area contributed by atoms with Gasteiger partial charge in [0.15, 0.2) is 5.16 Å². The van der Waals surface area contributed by atoms with Crippen molar-refractivity contribution in [3.05, 3.63) is 21.7 Å². The molecule has 0 fully saturated rings. The highest BCUT2D eigenvalue weighted by molar-refractivity contribution is 7.99. The molecule has 0 aliphatic rings. The number of aryl methyl sites for hydroxylation is 2. The Kier molecular flexibility index (Phi) is 4.89. The zero-order valence-corrected chi connectivity index (χ0v) is 13.9. The minimum Gasteiger partial charge on any atom is -0.313 e. The molecule has 21 heavy (non-hydrogen) atoms. The van der Waals surface area contributed by atoms with Crippen molar-refractivity contribution in [2.45, 2.75) is 50.5 Å². The summed E-state index contributed by atoms with van der Waals surface area (Å²) in [5, 5.41) is 16.1. The van der Waals surface area contributed by atoms with Crippen LogP contribution in [0.25, 0.3) is 0 Å². The molecule has 2 aromatic heterocycles. The maximum atomic E-state index is 11.8. The van der Waals surface area contributed by atoms with Gasteiger partial charge < -0.3 is 5.32 Å². The monoisotopic (exact) mass is 310 g/mol. The standard InChI is InChI=1S/C13H22N6OS/c1-6-14-7-10-9(4)17-18(5)11(10)21-13-16-15-12(20)19(13)8(2)3/h8,14H,6-7H2,1-5H3,(H,15,20). The summed E-state index contributed by atoms with van der Waals surface area (Å²) in [4.78, 5) is 11.8. The highest BCUT2D eigenvalue weighted by Gasteiger charge is 2.19. The molecular weight excluding hydrogens is 288 g/mol. The molecule has 2 aromatic rings. The van der Waals surface area contributed by atoms with Crippen molar-refractivity contribution in [3.8, 4) is 0 Å². The van der Waals surface area contributed by atoms with Crippen LogP contribution >= 0.6 is 11.8 Å². The van der Waals surface area contributed by atoms with Gasteiger partial charge in [-0.15, -0.1) is 5.10 Å². The normalized spacial score (nSPS) is 11.5. The average molecular weight is 310 g/mol. The summed E-state index contributed by atoms with van der Waals surface area (Å²) in [6, 6.07) is 0.0605. The molecule has 0 saturated heterocycles. The topological polar surface area (TPSA) is 80.5 Å². The van der Waals surface area contributed by atoms with Gasteiger partial charge in [0.1, 0.15) is 5.03 Å². The van der Waals surface area contributed by atoms with Crippen molar-refractivity contribution in [1.29, 1.82) is 0 Å². The van der Waals surface area contributed by atoms with Crippen molar-refractivity contribution in [3.63, 3.8) is 0 Å². The molecule has 0 aromatic carbocycles. The summed E-state index contributed by atoms with van der Waals surface area (Å²) >= 11 is 1.47. The van der Waals surface area contributed by atoms with E-state index in [0.29, 0.717) is 5.16 Å². The number of hydrogen-bond donors (Lipinski definition) is 2. The summed E-state index contributed by atoms with van der Waals surface area (Å²) in [5.74, 6) is 0. The maximum absolute atomic E-state index is 11.8. The average Bonchev–Trinajstić information content (AvgIpc) is 2.89. The van der Waals surface area contributed by atoms with Crippen LogP contribution in [0.4, 0.5) is 0 Å². The van der Waals surface area contributed by atoms with Crippen molar-refractivity contribution in [2.75, 3.05) is 6.54 Å². The number of rotatable bonds is 6. The van der Waals surface area contributed by atoms with E-state index >= 15 is 0 Å². The van der Waals surface area contributed by atoms with E-state index in [-0.39, 0.29) is 11.7 Å².